The van der Waals surface area contributed by atoms with Crippen LogP contribution in [0.3, 0.4) is 0 Å². The van der Waals surface area contributed by atoms with E-state index >= 15 is 0 Å². The number of piperazine rings is 1. The minimum Gasteiger partial charge on any atom is -0.472 e. The number of hydrogen-bond acceptors (Lipinski definition) is 4. The zero-order valence-electron chi connectivity index (χ0n) is 12.5. The van der Waals surface area contributed by atoms with E-state index in [0.29, 0.717) is 11.6 Å². The lowest BCUT2D eigenvalue weighted by molar-refractivity contribution is 0.0697. The summed E-state index contributed by atoms with van der Waals surface area (Å²) in [6.07, 6.45) is 2.69. The molecule has 0 aliphatic carbocycles. The maximum absolute atomic E-state index is 13.8. The SMILES string of the molecule is O=C(c1ccoc1)N1CCN(S(=O)(=O)c2cc(F)ccc2F)CC1. The number of carbonyl (C=O) groups excluding carboxylic acids is 1. The molecule has 1 fully saturated rings. The van der Waals surface area contributed by atoms with Crippen molar-refractivity contribution in [1.82, 2.24) is 9.21 Å². The van der Waals surface area contributed by atoms with Gasteiger partial charge in [-0.15, -0.1) is 0 Å². The van der Waals surface area contributed by atoms with E-state index in [0.717, 1.165) is 16.4 Å². The molecule has 1 aliphatic rings. The summed E-state index contributed by atoms with van der Waals surface area (Å²) in [7, 11) is -4.16. The minimum absolute atomic E-state index is 0.00186. The summed E-state index contributed by atoms with van der Waals surface area (Å²) in [5, 5.41) is 0. The van der Waals surface area contributed by atoms with E-state index in [1.807, 2.05) is 0 Å². The highest BCUT2D eigenvalue weighted by Crippen LogP contribution is 2.22. The Kier molecular flexibility index (Phi) is 4.37. The molecule has 0 N–H and O–H groups in total. The van der Waals surface area contributed by atoms with Crippen molar-refractivity contribution >= 4 is 15.9 Å². The summed E-state index contributed by atoms with van der Waals surface area (Å²) >= 11 is 0. The van der Waals surface area contributed by atoms with Crippen LogP contribution in [0.4, 0.5) is 8.78 Å². The average molecular weight is 356 g/mol. The fourth-order valence-corrected chi connectivity index (χ4v) is 4.01. The van der Waals surface area contributed by atoms with Gasteiger partial charge >= 0.3 is 0 Å². The normalized spacial score (nSPS) is 16.3. The summed E-state index contributed by atoms with van der Waals surface area (Å²) in [6.45, 7) is 0.310. The van der Waals surface area contributed by atoms with Gasteiger partial charge in [0.2, 0.25) is 10.0 Å². The van der Waals surface area contributed by atoms with Gasteiger partial charge in [-0.25, -0.2) is 17.2 Å². The van der Waals surface area contributed by atoms with Crippen LogP contribution in [0.1, 0.15) is 10.4 Å². The van der Waals surface area contributed by atoms with Crippen LogP contribution in [0.25, 0.3) is 0 Å². The Morgan fingerprint density at radius 3 is 2.42 bits per heavy atom. The van der Waals surface area contributed by atoms with Crippen molar-refractivity contribution in [1.29, 1.82) is 0 Å². The third-order valence-electron chi connectivity index (χ3n) is 3.81. The monoisotopic (exact) mass is 356 g/mol. The van der Waals surface area contributed by atoms with Crippen molar-refractivity contribution in [2.75, 3.05) is 26.2 Å². The molecule has 0 unspecified atom stereocenters. The van der Waals surface area contributed by atoms with E-state index in [1.165, 1.54) is 23.5 Å². The molecule has 1 aromatic heterocycles. The highest BCUT2D eigenvalue weighted by molar-refractivity contribution is 7.89. The van der Waals surface area contributed by atoms with Crippen LogP contribution >= 0.6 is 0 Å². The molecule has 0 spiro atoms. The predicted molar refractivity (Wildman–Crippen MR) is 79.7 cm³/mol. The zero-order valence-corrected chi connectivity index (χ0v) is 13.3. The standard InChI is InChI=1S/C15H14F2N2O4S/c16-12-1-2-13(17)14(9-12)24(21,22)19-6-4-18(5-7-19)15(20)11-3-8-23-10-11/h1-3,8-10H,4-7H2. The van der Waals surface area contributed by atoms with Gasteiger partial charge in [-0.2, -0.15) is 4.31 Å². The summed E-state index contributed by atoms with van der Waals surface area (Å²) in [4.78, 5) is 13.0. The molecule has 0 radical (unpaired) electrons. The third kappa shape index (κ3) is 3.04. The predicted octanol–water partition coefficient (Wildman–Crippen LogP) is 1.70. The lowest BCUT2D eigenvalue weighted by atomic mass is 10.2. The first-order valence-corrected chi connectivity index (χ1v) is 8.60. The van der Waals surface area contributed by atoms with E-state index < -0.39 is 26.6 Å². The van der Waals surface area contributed by atoms with Crippen molar-refractivity contribution in [2.45, 2.75) is 4.90 Å². The second-order valence-corrected chi connectivity index (χ2v) is 7.19. The molecular formula is C15H14F2N2O4S. The topological polar surface area (TPSA) is 70.8 Å². The largest absolute Gasteiger partial charge is 0.472 e. The lowest BCUT2D eigenvalue weighted by Crippen LogP contribution is -2.50. The number of amides is 1. The van der Waals surface area contributed by atoms with Gasteiger partial charge in [0.1, 0.15) is 22.8 Å². The molecule has 9 heteroatoms. The fraction of sp³-hybridized carbons (Fsp3) is 0.267. The first-order valence-electron chi connectivity index (χ1n) is 7.16. The Bertz CT molecular complexity index is 844. The Labute approximate surface area is 137 Å². The van der Waals surface area contributed by atoms with E-state index in [9.17, 15) is 22.0 Å². The maximum atomic E-state index is 13.8. The van der Waals surface area contributed by atoms with Crippen molar-refractivity contribution in [3.05, 3.63) is 54.0 Å². The van der Waals surface area contributed by atoms with Gasteiger partial charge in [-0.05, 0) is 24.3 Å². The Morgan fingerprint density at radius 1 is 1.08 bits per heavy atom. The number of benzene rings is 1. The molecule has 0 saturated carbocycles. The number of sulfonamides is 1. The van der Waals surface area contributed by atoms with Gasteiger partial charge < -0.3 is 9.32 Å². The van der Waals surface area contributed by atoms with Crippen LogP contribution in [0.2, 0.25) is 0 Å². The van der Waals surface area contributed by atoms with Crippen LogP contribution in [0, 0.1) is 11.6 Å². The smallest absolute Gasteiger partial charge is 0.257 e. The van der Waals surface area contributed by atoms with Crippen molar-refractivity contribution in [2.24, 2.45) is 0 Å². The molecule has 6 nitrogen and oxygen atoms in total. The van der Waals surface area contributed by atoms with Crippen molar-refractivity contribution < 1.29 is 26.4 Å². The van der Waals surface area contributed by atoms with Crippen molar-refractivity contribution in [3.8, 4) is 0 Å². The molecule has 0 bridgehead atoms. The van der Waals surface area contributed by atoms with Gasteiger partial charge in [0.05, 0.1) is 11.8 Å². The van der Waals surface area contributed by atoms with E-state index in [1.54, 1.807) is 0 Å². The van der Waals surface area contributed by atoms with E-state index in [-0.39, 0.29) is 32.1 Å². The van der Waals surface area contributed by atoms with Gasteiger partial charge in [0.25, 0.3) is 5.91 Å². The molecular weight excluding hydrogens is 342 g/mol. The van der Waals surface area contributed by atoms with Crippen LogP contribution in [0.5, 0.6) is 0 Å². The molecule has 1 aromatic carbocycles. The molecule has 1 saturated heterocycles. The Hall–Kier alpha value is -2.26. The molecule has 1 amide bonds. The second-order valence-electron chi connectivity index (χ2n) is 5.28. The number of halogens is 2. The number of carbonyl (C=O) groups is 1. The van der Waals surface area contributed by atoms with E-state index in [4.69, 9.17) is 4.42 Å². The second kappa shape index (κ2) is 6.33. The first-order chi connectivity index (χ1) is 11.4. The molecule has 2 aromatic rings. The number of rotatable bonds is 3. The molecule has 128 valence electrons. The highest BCUT2D eigenvalue weighted by Gasteiger charge is 2.32. The highest BCUT2D eigenvalue weighted by atomic mass is 32.2. The lowest BCUT2D eigenvalue weighted by Gasteiger charge is -2.33. The third-order valence-corrected chi connectivity index (χ3v) is 5.72. The average Bonchev–Trinajstić information content (AvgIpc) is 3.11. The fourth-order valence-electron chi connectivity index (χ4n) is 2.51. The van der Waals surface area contributed by atoms with Gasteiger partial charge in [-0.1, -0.05) is 0 Å². The summed E-state index contributed by atoms with van der Waals surface area (Å²) < 4.78 is 57.9. The number of nitrogens with zero attached hydrogens (tertiary/aromatic N) is 2. The number of furan rings is 1. The van der Waals surface area contributed by atoms with Crippen LogP contribution in [-0.2, 0) is 10.0 Å². The van der Waals surface area contributed by atoms with Crippen LogP contribution in [-0.4, -0.2) is 49.7 Å². The molecule has 3 rings (SSSR count). The first kappa shape index (κ1) is 16.6. The molecule has 0 atom stereocenters. The van der Waals surface area contributed by atoms with Gasteiger partial charge in [-0.3, -0.25) is 4.79 Å². The van der Waals surface area contributed by atoms with Crippen molar-refractivity contribution in [3.63, 3.8) is 0 Å². The Balaban J connectivity index is 1.74. The quantitative estimate of drug-likeness (QED) is 0.839. The summed E-state index contributed by atoms with van der Waals surface area (Å²) in [6, 6.07) is 3.82. The van der Waals surface area contributed by atoms with Gasteiger partial charge in [0, 0.05) is 26.2 Å². The molecule has 2 heterocycles. The van der Waals surface area contributed by atoms with Gasteiger partial charge in [0.15, 0.2) is 0 Å². The Morgan fingerprint density at radius 2 is 1.79 bits per heavy atom. The number of hydrogen-bond donors (Lipinski definition) is 0. The maximum Gasteiger partial charge on any atom is 0.257 e. The van der Waals surface area contributed by atoms with E-state index in [2.05, 4.69) is 0 Å². The molecule has 1 aliphatic heterocycles. The van der Waals surface area contributed by atoms with Crippen LogP contribution < -0.4 is 0 Å². The van der Waals surface area contributed by atoms with Crippen LogP contribution in [0.15, 0.2) is 46.1 Å². The minimum atomic E-state index is -4.16. The zero-order chi connectivity index (χ0) is 17.3. The molecule has 24 heavy (non-hydrogen) atoms. The summed E-state index contributed by atoms with van der Waals surface area (Å²) in [5.74, 6) is -2.10. The summed E-state index contributed by atoms with van der Waals surface area (Å²) in [5.41, 5.74) is 0.377.